The van der Waals surface area contributed by atoms with Crippen molar-refractivity contribution in [3.63, 3.8) is 0 Å². The van der Waals surface area contributed by atoms with E-state index in [1.54, 1.807) is 0 Å². The summed E-state index contributed by atoms with van der Waals surface area (Å²) in [5.41, 5.74) is -0.686. The highest BCUT2D eigenvalue weighted by atomic mass is 16.3. The van der Waals surface area contributed by atoms with Crippen LogP contribution < -0.4 is 5.11 Å². The summed E-state index contributed by atoms with van der Waals surface area (Å²) in [4.78, 5) is 0. The molecule has 0 saturated carbocycles. The molecular formula is C12H25O-. The lowest BCUT2D eigenvalue weighted by Gasteiger charge is -2.38. The van der Waals surface area contributed by atoms with E-state index in [4.69, 9.17) is 0 Å². The lowest BCUT2D eigenvalue weighted by atomic mass is 9.85. The third-order valence-electron chi connectivity index (χ3n) is 3.01. The molecule has 0 fully saturated rings. The Kier molecular flexibility index (Phi) is 6.40. The Morgan fingerprint density at radius 1 is 1.23 bits per heavy atom. The van der Waals surface area contributed by atoms with Crippen molar-refractivity contribution in [2.75, 3.05) is 0 Å². The van der Waals surface area contributed by atoms with Crippen molar-refractivity contribution in [1.82, 2.24) is 0 Å². The van der Waals surface area contributed by atoms with Crippen LogP contribution in [0.15, 0.2) is 0 Å². The molecule has 0 aromatic rings. The summed E-state index contributed by atoms with van der Waals surface area (Å²) in [5, 5.41) is 11.8. The van der Waals surface area contributed by atoms with Crippen molar-refractivity contribution in [2.45, 2.75) is 71.8 Å². The average Bonchev–Trinajstić information content (AvgIpc) is 2.12. The van der Waals surface area contributed by atoms with Gasteiger partial charge in [-0.15, -0.1) is 5.60 Å². The van der Waals surface area contributed by atoms with E-state index >= 15 is 0 Å². The zero-order valence-electron chi connectivity index (χ0n) is 9.73. The first-order valence-electron chi connectivity index (χ1n) is 5.76. The first kappa shape index (κ1) is 13.0. The van der Waals surface area contributed by atoms with Crippen molar-refractivity contribution < 1.29 is 5.11 Å². The number of unbranched alkanes of at least 4 members (excludes halogenated alkanes) is 1. The van der Waals surface area contributed by atoms with E-state index in [-0.39, 0.29) is 0 Å². The Balaban J connectivity index is 3.82. The van der Waals surface area contributed by atoms with Gasteiger partial charge in [0.1, 0.15) is 0 Å². The van der Waals surface area contributed by atoms with Crippen molar-refractivity contribution >= 4 is 0 Å². The van der Waals surface area contributed by atoms with E-state index in [0.717, 1.165) is 19.3 Å². The second-order valence-electron chi connectivity index (χ2n) is 4.42. The first-order chi connectivity index (χ1) is 6.05. The van der Waals surface area contributed by atoms with Crippen LogP contribution in [0.1, 0.15) is 66.2 Å². The molecule has 0 aliphatic rings. The molecule has 0 aliphatic heterocycles. The van der Waals surface area contributed by atoms with Crippen LogP contribution in [0.3, 0.4) is 0 Å². The maximum atomic E-state index is 11.8. The third-order valence-corrected chi connectivity index (χ3v) is 3.01. The van der Waals surface area contributed by atoms with Gasteiger partial charge in [-0.05, 0) is 5.92 Å². The molecule has 2 unspecified atom stereocenters. The van der Waals surface area contributed by atoms with Gasteiger partial charge in [-0.1, -0.05) is 66.2 Å². The van der Waals surface area contributed by atoms with Gasteiger partial charge in [0, 0.05) is 0 Å². The summed E-state index contributed by atoms with van der Waals surface area (Å²) < 4.78 is 0. The smallest absolute Gasteiger partial charge is 0.0425 e. The van der Waals surface area contributed by atoms with Gasteiger partial charge in [0.15, 0.2) is 0 Å². The monoisotopic (exact) mass is 185 g/mol. The Hall–Kier alpha value is -0.0400. The molecule has 0 rings (SSSR count). The fourth-order valence-corrected chi connectivity index (χ4v) is 1.70. The molecule has 2 atom stereocenters. The number of hydrogen-bond acceptors (Lipinski definition) is 1. The van der Waals surface area contributed by atoms with Crippen LogP contribution >= 0.6 is 0 Å². The zero-order chi connectivity index (χ0) is 10.3. The summed E-state index contributed by atoms with van der Waals surface area (Å²) in [6.07, 6.45) is 6.55. The largest absolute Gasteiger partial charge is 0.850 e. The normalized spacial score (nSPS) is 18.2. The van der Waals surface area contributed by atoms with Gasteiger partial charge >= 0.3 is 0 Å². The zero-order valence-corrected chi connectivity index (χ0v) is 9.73. The number of rotatable bonds is 7. The van der Waals surface area contributed by atoms with Crippen molar-refractivity contribution in [1.29, 1.82) is 0 Å². The number of hydrogen-bond donors (Lipinski definition) is 0. The average molecular weight is 185 g/mol. The van der Waals surface area contributed by atoms with E-state index in [1.807, 2.05) is 13.8 Å². The Labute approximate surface area is 83.5 Å². The lowest BCUT2D eigenvalue weighted by molar-refractivity contribution is -0.476. The minimum atomic E-state index is -0.686. The molecule has 0 N–H and O–H groups in total. The van der Waals surface area contributed by atoms with E-state index < -0.39 is 5.60 Å². The second kappa shape index (κ2) is 6.42. The maximum Gasteiger partial charge on any atom is -0.0425 e. The highest BCUT2D eigenvalue weighted by molar-refractivity contribution is 4.73. The summed E-state index contributed by atoms with van der Waals surface area (Å²) in [7, 11) is 0. The molecular weight excluding hydrogens is 160 g/mol. The van der Waals surface area contributed by atoms with Crippen LogP contribution in [0.25, 0.3) is 0 Å². The molecule has 0 bridgehead atoms. The van der Waals surface area contributed by atoms with Crippen molar-refractivity contribution in [3.05, 3.63) is 0 Å². The van der Waals surface area contributed by atoms with Gasteiger partial charge in [0.25, 0.3) is 0 Å². The standard InChI is InChI=1S/C12H25O/c1-5-8-9-11(6-2)10-12(4,13)7-3/h11H,5-10H2,1-4H3/q-1. The molecule has 1 nitrogen and oxygen atoms in total. The van der Waals surface area contributed by atoms with E-state index in [1.165, 1.54) is 19.3 Å². The van der Waals surface area contributed by atoms with Crippen LogP contribution in [0, 0.1) is 5.92 Å². The van der Waals surface area contributed by atoms with Crippen LogP contribution in [-0.2, 0) is 0 Å². The van der Waals surface area contributed by atoms with Crippen LogP contribution in [0.5, 0.6) is 0 Å². The van der Waals surface area contributed by atoms with Crippen molar-refractivity contribution in [2.24, 2.45) is 5.92 Å². The molecule has 0 heterocycles. The van der Waals surface area contributed by atoms with Crippen molar-refractivity contribution in [3.8, 4) is 0 Å². The molecule has 0 amide bonds. The minimum Gasteiger partial charge on any atom is -0.850 e. The van der Waals surface area contributed by atoms with Gasteiger partial charge in [-0.2, -0.15) is 0 Å². The first-order valence-corrected chi connectivity index (χ1v) is 5.76. The molecule has 0 radical (unpaired) electrons. The van der Waals surface area contributed by atoms with Crippen LogP contribution in [0.4, 0.5) is 0 Å². The van der Waals surface area contributed by atoms with E-state index in [9.17, 15) is 5.11 Å². The van der Waals surface area contributed by atoms with Crippen LogP contribution in [0.2, 0.25) is 0 Å². The molecule has 0 saturated heterocycles. The molecule has 0 spiro atoms. The second-order valence-corrected chi connectivity index (χ2v) is 4.42. The lowest BCUT2D eigenvalue weighted by Crippen LogP contribution is -2.41. The van der Waals surface area contributed by atoms with Gasteiger partial charge < -0.3 is 5.11 Å². The summed E-state index contributed by atoms with van der Waals surface area (Å²) in [6.45, 7) is 8.26. The fourth-order valence-electron chi connectivity index (χ4n) is 1.70. The minimum absolute atomic E-state index is 0.655. The summed E-state index contributed by atoms with van der Waals surface area (Å²) in [6, 6.07) is 0. The Morgan fingerprint density at radius 2 is 1.85 bits per heavy atom. The Bertz CT molecular complexity index is 118. The molecule has 13 heavy (non-hydrogen) atoms. The quantitative estimate of drug-likeness (QED) is 0.597. The topological polar surface area (TPSA) is 23.1 Å². The highest BCUT2D eigenvalue weighted by Crippen LogP contribution is 2.24. The highest BCUT2D eigenvalue weighted by Gasteiger charge is 2.14. The summed E-state index contributed by atoms with van der Waals surface area (Å²) in [5.74, 6) is 0.655. The molecule has 0 aliphatic carbocycles. The SMILES string of the molecule is CCCCC(CC)CC(C)([O-])CC. The molecule has 0 aromatic carbocycles. The predicted molar refractivity (Wildman–Crippen MR) is 56.6 cm³/mol. The Morgan fingerprint density at radius 3 is 2.23 bits per heavy atom. The van der Waals surface area contributed by atoms with Gasteiger partial charge in [-0.25, -0.2) is 0 Å². The van der Waals surface area contributed by atoms with E-state index in [0.29, 0.717) is 5.92 Å². The third kappa shape index (κ3) is 6.09. The summed E-state index contributed by atoms with van der Waals surface area (Å²) >= 11 is 0. The van der Waals surface area contributed by atoms with Gasteiger partial charge in [0.2, 0.25) is 0 Å². The molecule has 1 heteroatoms. The maximum absolute atomic E-state index is 11.8. The van der Waals surface area contributed by atoms with E-state index in [2.05, 4.69) is 13.8 Å². The molecule has 80 valence electrons. The van der Waals surface area contributed by atoms with Gasteiger partial charge in [0.05, 0.1) is 0 Å². The predicted octanol–water partition coefficient (Wildman–Crippen LogP) is 3.12. The van der Waals surface area contributed by atoms with Gasteiger partial charge in [-0.3, -0.25) is 0 Å². The van der Waals surface area contributed by atoms with Crippen LogP contribution in [-0.4, -0.2) is 5.60 Å². The fraction of sp³-hybridized carbons (Fsp3) is 1.00. The molecule has 0 aromatic heterocycles.